The van der Waals surface area contributed by atoms with Crippen molar-refractivity contribution < 1.29 is 4.79 Å². The second-order valence-corrected chi connectivity index (χ2v) is 6.27. The van der Waals surface area contributed by atoms with E-state index in [4.69, 9.17) is 0 Å². The Morgan fingerprint density at radius 1 is 1.11 bits per heavy atom. The third-order valence-corrected chi connectivity index (χ3v) is 4.17. The van der Waals surface area contributed by atoms with Crippen molar-refractivity contribution >= 4 is 11.6 Å². The Bertz CT molecular complexity index is 1060. The van der Waals surface area contributed by atoms with E-state index in [1.165, 1.54) is 6.92 Å². The van der Waals surface area contributed by atoms with Gasteiger partial charge in [-0.2, -0.15) is 5.10 Å². The number of amides is 1. The zero-order valence-corrected chi connectivity index (χ0v) is 14.9. The van der Waals surface area contributed by atoms with Crippen LogP contribution < -0.4 is 5.32 Å². The Balaban J connectivity index is 1.58. The molecule has 4 rings (SSSR count). The molecule has 0 spiro atoms. The van der Waals surface area contributed by atoms with Crippen molar-refractivity contribution in [3.8, 4) is 17.1 Å². The molecule has 0 radical (unpaired) electrons. The smallest absolute Gasteiger partial charge is 0.221 e. The first-order valence-corrected chi connectivity index (χ1v) is 8.67. The van der Waals surface area contributed by atoms with Crippen molar-refractivity contribution in [2.75, 3.05) is 5.32 Å². The quantitative estimate of drug-likeness (QED) is 0.592. The number of nitrogens with zero attached hydrogens (tertiary/aromatic N) is 4. The van der Waals surface area contributed by atoms with E-state index >= 15 is 0 Å². The van der Waals surface area contributed by atoms with Gasteiger partial charge in [-0.1, -0.05) is 30.3 Å². The maximum absolute atomic E-state index is 11.3. The van der Waals surface area contributed by atoms with E-state index in [0.29, 0.717) is 6.54 Å². The second kappa shape index (κ2) is 7.29. The van der Waals surface area contributed by atoms with Crippen LogP contribution in [-0.4, -0.2) is 25.2 Å². The summed E-state index contributed by atoms with van der Waals surface area (Å²) in [6.45, 7) is 2.16. The molecule has 4 aromatic rings. The van der Waals surface area contributed by atoms with Gasteiger partial charge in [0.15, 0.2) is 0 Å². The molecule has 0 unspecified atom stereocenters. The number of aromatic nitrogens is 4. The van der Waals surface area contributed by atoms with Crippen LogP contribution in [0.15, 0.2) is 79.4 Å². The number of nitrogens with one attached hydrogen (secondary N) is 1. The van der Waals surface area contributed by atoms with Gasteiger partial charge in [-0.3, -0.25) is 4.79 Å². The van der Waals surface area contributed by atoms with Gasteiger partial charge in [-0.25, -0.2) is 9.67 Å². The van der Waals surface area contributed by atoms with Crippen LogP contribution in [0.5, 0.6) is 0 Å². The first-order valence-electron chi connectivity index (χ1n) is 8.67. The zero-order chi connectivity index (χ0) is 18.6. The first-order chi connectivity index (χ1) is 13.2. The predicted octanol–water partition coefficient (Wildman–Crippen LogP) is 3.74. The molecule has 1 N–H and O–H groups in total. The average molecular weight is 357 g/mol. The number of para-hydroxylation sites is 1. The fourth-order valence-electron chi connectivity index (χ4n) is 3.00. The Hall–Kier alpha value is -3.67. The molecule has 6 heteroatoms. The summed E-state index contributed by atoms with van der Waals surface area (Å²) < 4.78 is 3.93. The lowest BCUT2D eigenvalue weighted by Gasteiger charge is -2.08. The van der Waals surface area contributed by atoms with Crippen LogP contribution in [0.4, 0.5) is 5.69 Å². The molecule has 0 saturated heterocycles. The number of hydrogen-bond donors (Lipinski definition) is 1. The molecule has 1 amide bonds. The number of carbonyl (C=O) groups is 1. The molecule has 0 fully saturated rings. The fraction of sp³-hybridized carbons (Fsp3) is 0.0952. The SMILES string of the molecule is CC(=O)Nc1cccc(-c2nccn2Cc2cnn(-c3ccccc3)c2)c1. The van der Waals surface area contributed by atoms with E-state index in [0.717, 1.165) is 28.3 Å². The molecule has 134 valence electrons. The van der Waals surface area contributed by atoms with E-state index in [1.54, 1.807) is 6.20 Å². The highest BCUT2D eigenvalue weighted by Crippen LogP contribution is 2.22. The molecule has 2 heterocycles. The molecule has 6 nitrogen and oxygen atoms in total. The highest BCUT2D eigenvalue weighted by molar-refractivity contribution is 5.89. The maximum Gasteiger partial charge on any atom is 0.221 e. The molecule has 0 aliphatic carbocycles. The van der Waals surface area contributed by atoms with Crippen molar-refractivity contribution in [2.24, 2.45) is 0 Å². The molecule has 0 aliphatic heterocycles. The van der Waals surface area contributed by atoms with Gasteiger partial charge < -0.3 is 9.88 Å². The van der Waals surface area contributed by atoms with E-state index < -0.39 is 0 Å². The molecule has 27 heavy (non-hydrogen) atoms. The number of anilines is 1. The summed E-state index contributed by atoms with van der Waals surface area (Å²) >= 11 is 0. The molecule has 0 atom stereocenters. The highest BCUT2D eigenvalue weighted by atomic mass is 16.1. The maximum atomic E-state index is 11.3. The topological polar surface area (TPSA) is 64.7 Å². The van der Waals surface area contributed by atoms with Crippen LogP contribution in [0.1, 0.15) is 12.5 Å². The van der Waals surface area contributed by atoms with Crippen molar-refractivity contribution in [3.63, 3.8) is 0 Å². The van der Waals surface area contributed by atoms with Crippen LogP contribution in [0.25, 0.3) is 17.1 Å². The van der Waals surface area contributed by atoms with E-state index in [9.17, 15) is 4.79 Å². The highest BCUT2D eigenvalue weighted by Gasteiger charge is 2.09. The number of hydrogen-bond acceptors (Lipinski definition) is 3. The van der Waals surface area contributed by atoms with Gasteiger partial charge in [0.2, 0.25) is 5.91 Å². The number of rotatable bonds is 5. The van der Waals surface area contributed by atoms with Crippen molar-refractivity contribution in [1.29, 1.82) is 0 Å². The Kier molecular flexibility index (Phi) is 4.53. The number of imidazole rings is 1. The third-order valence-electron chi connectivity index (χ3n) is 4.17. The summed E-state index contributed by atoms with van der Waals surface area (Å²) in [5, 5.41) is 7.26. The van der Waals surface area contributed by atoms with E-state index in [1.807, 2.05) is 77.9 Å². The predicted molar refractivity (Wildman–Crippen MR) is 105 cm³/mol. The average Bonchev–Trinajstić information content (AvgIpc) is 3.32. The minimum absolute atomic E-state index is 0.0937. The summed E-state index contributed by atoms with van der Waals surface area (Å²) in [7, 11) is 0. The summed E-state index contributed by atoms with van der Waals surface area (Å²) in [4.78, 5) is 15.8. The Morgan fingerprint density at radius 3 is 2.78 bits per heavy atom. The minimum atomic E-state index is -0.0937. The molecule has 0 saturated carbocycles. The molecule has 0 aliphatic rings. The largest absolute Gasteiger partial charge is 0.326 e. The fourth-order valence-corrected chi connectivity index (χ4v) is 3.00. The van der Waals surface area contributed by atoms with Crippen LogP contribution >= 0.6 is 0 Å². The third kappa shape index (κ3) is 3.79. The van der Waals surface area contributed by atoms with Crippen LogP contribution in [0.3, 0.4) is 0 Å². The van der Waals surface area contributed by atoms with Gasteiger partial charge in [-0.15, -0.1) is 0 Å². The van der Waals surface area contributed by atoms with Gasteiger partial charge in [0, 0.05) is 42.3 Å². The molecule has 0 bridgehead atoms. The molecular formula is C21H19N5O. The summed E-state index contributed by atoms with van der Waals surface area (Å²) in [6, 6.07) is 17.7. The first kappa shape index (κ1) is 16.8. The normalized spacial score (nSPS) is 10.7. The lowest BCUT2D eigenvalue weighted by Crippen LogP contribution is -2.06. The zero-order valence-electron chi connectivity index (χ0n) is 14.9. The van der Waals surface area contributed by atoms with Crippen molar-refractivity contribution in [2.45, 2.75) is 13.5 Å². The van der Waals surface area contributed by atoms with E-state index in [2.05, 4.69) is 20.0 Å². The summed E-state index contributed by atoms with van der Waals surface area (Å²) in [5.41, 5.74) is 3.81. The number of carbonyl (C=O) groups excluding carboxylic acids is 1. The van der Waals surface area contributed by atoms with Gasteiger partial charge in [0.05, 0.1) is 18.4 Å². The summed E-state index contributed by atoms with van der Waals surface area (Å²) in [5.74, 6) is 0.749. The van der Waals surface area contributed by atoms with Crippen LogP contribution in [0, 0.1) is 0 Å². The molecule has 2 aromatic heterocycles. The summed E-state index contributed by atoms with van der Waals surface area (Å²) in [6.07, 6.45) is 7.61. The standard InChI is InChI=1S/C21H19N5O/c1-16(27)24-19-7-5-6-18(12-19)21-22-10-11-25(21)14-17-13-23-26(15-17)20-8-3-2-4-9-20/h2-13,15H,14H2,1H3,(H,24,27). The second-order valence-electron chi connectivity index (χ2n) is 6.27. The van der Waals surface area contributed by atoms with Crippen LogP contribution in [0.2, 0.25) is 0 Å². The minimum Gasteiger partial charge on any atom is -0.326 e. The van der Waals surface area contributed by atoms with Gasteiger partial charge >= 0.3 is 0 Å². The lowest BCUT2D eigenvalue weighted by atomic mass is 10.2. The lowest BCUT2D eigenvalue weighted by molar-refractivity contribution is -0.114. The molecule has 2 aromatic carbocycles. The van der Waals surface area contributed by atoms with Gasteiger partial charge in [0.25, 0.3) is 0 Å². The Morgan fingerprint density at radius 2 is 1.96 bits per heavy atom. The Labute approximate surface area is 157 Å². The number of benzene rings is 2. The molecular weight excluding hydrogens is 338 g/mol. The van der Waals surface area contributed by atoms with Crippen molar-refractivity contribution in [1.82, 2.24) is 19.3 Å². The van der Waals surface area contributed by atoms with Crippen LogP contribution in [-0.2, 0) is 11.3 Å². The van der Waals surface area contributed by atoms with E-state index in [-0.39, 0.29) is 5.91 Å². The van der Waals surface area contributed by atoms with Crippen molar-refractivity contribution in [3.05, 3.63) is 84.9 Å². The van der Waals surface area contributed by atoms with Gasteiger partial charge in [-0.05, 0) is 24.3 Å². The van der Waals surface area contributed by atoms with Gasteiger partial charge in [0.1, 0.15) is 5.82 Å². The monoisotopic (exact) mass is 357 g/mol.